The second kappa shape index (κ2) is 7.94. The van der Waals surface area contributed by atoms with Gasteiger partial charge in [-0.25, -0.2) is 4.39 Å². The maximum absolute atomic E-state index is 13.6. The summed E-state index contributed by atoms with van der Waals surface area (Å²) in [5, 5.41) is 2.98. The Kier molecular flexibility index (Phi) is 5.21. The Labute approximate surface area is 166 Å². The molecule has 4 aromatic rings. The molecule has 1 amide bonds. The first-order valence-corrected chi connectivity index (χ1v) is 9.94. The van der Waals surface area contributed by atoms with Crippen molar-refractivity contribution in [3.63, 3.8) is 0 Å². The van der Waals surface area contributed by atoms with Crippen LogP contribution in [0.1, 0.15) is 26.6 Å². The van der Waals surface area contributed by atoms with Gasteiger partial charge in [0.05, 0.1) is 10.2 Å². The zero-order valence-electron chi connectivity index (χ0n) is 15.5. The molecule has 0 atom stereocenters. The van der Waals surface area contributed by atoms with E-state index in [1.165, 1.54) is 17.0 Å². The number of rotatable bonds is 6. The van der Waals surface area contributed by atoms with Gasteiger partial charge in [0.15, 0.2) is 0 Å². The SMILES string of the molecule is Cc1cc2c(cc(C(=O)NCCc3ccccn3)n2Cc2cccc(F)c2)s1. The molecule has 0 aliphatic carbocycles. The number of nitrogens with one attached hydrogen (secondary N) is 1. The van der Waals surface area contributed by atoms with E-state index < -0.39 is 0 Å². The number of pyridine rings is 1. The van der Waals surface area contributed by atoms with Crippen molar-refractivity contribution >= 4 is 27.5 Å². The summed E-state index contributed by atoms with van der Waals surface area (Å²) in [5.41, 5.74) is 3.35. The summed E-state index contributed by atoms with van der Waals surface area (Å²) >= 11 is 1.65. The number of hydrogen-bond acceptors (Lipinski definition) is 3. The number of benzene rings is 1. The van der Waals surface area contributed by atoms with E-state index in [0.29, 0.717) is 25.2 Å². The number of aryl methyl sites for hydroxylation is 1. The van der Waals surface area contributed by atoms with Crippen LogP contribution in [0.2, 0.25) is 0 Å². The third kappa shape index (κ3) is 3.97. The third-order valence-corrected chi connectivity index (χ3v) is 5.55. The van der Waals surface area contributed by atoms with Crippen LogP contribution in [0.4, 0.5) is 4.39 Å². The zero-order valence-corrected chi connectivity index (χ0v) is 16.3. The van der Waals surface area contributed by atoms with Gasteiger partial charge in [-0.2, -0.15) is 0 Å². The molecule has 0 spiro atoms. The number of halogens is 1. The fourth-order valence-corrected chi connectivity index (χ4v) is 4.24. The highest BCUT2D eigenvalue weighted by molar-refractivity contribution is 7.19. The molecule has 0 radical (unpaired) electrons. The van der Waals surface area contributed by atoms with Gasteiger partial charge in [0.25, 0.3) is 5.91 Å². The fourth-order valence-electron chi connectivity index (χ4n) is 3.28. The minimum absolute atomic E-state index is 0.131. The Hall–Kier alpha value is -2.99. The molecule has 1 N–H and O–H groups in total. The van der Waals surface area contributed by atoms with Crippen molar-refractivity contribution < 1.29 is 9.18 Å². The first-order valence-electron chi connectivity index (χ1n) is 9.12. The molecule has 4 nitrogen and oxygen atoms in total. The maximum atomic E-state index is 13.6. The van der Waals surface area contributed by atoms with Gasteiger partial charge in [0, 0.05) is 36.3 Å². The minimum atomic E-state index is -0.274. The lowest BCUT2D eigenvalue weighted by molar-refractivity contribution is 0.0945. The van der Waals surface area contributed by atoms with Crippen LogP contribution in [0.3, 0.4) is 0 Å². The van der Waals surface area contributed by atoms with Crippen molar-refractivity contribution in [3.05, 3.63) is 88.4 Å². The highest BCUT2D eigenvalue weighted by atomic mass is 32.1. The molecule has 0 saturated carbocycles. The van der Waals surface area contributed by atoms with Crippen LogP contribution in [0, 0.1) is 12.7 Å². The Morgan fingerprint density at radius 1 is 1.18 bits per heavy atom. The van der Waals surface area contributed by atoms with Gasteiger partial charge in [-0.3, -0.25) is 9.78 Å². The van der Waals surface area contributed by atoms with Crippen molar-refractivity contribution in [2.24, 2.45) is 0 Å². The molecular weight excluding hydrogens is 373 g/mol. The van der Waals surface area contributed by atoms with E-state index in [9.17, 15) is 9.18 Å². The van der Waals surface area contributed by atoms with E-state index in [4.69, 9.17) is 0 Å². The van der Waals surface area contributed by atoms with Crippen LogP contribution >= 0.6 is 11.3 Å². The zero-order chi connectivity index (χ0) is 19.5. The molecule has 3 aromatic heterocycles. The summed E-state index contributed by atoms with van der Waals surface area (Å²) < 4.78 is 16.6. The average molecular weight is 393 g/mol. The summed E-state index contributed by atoms with van der Waals surface area (Å²) in [4.78, 5) is 18.3. The molecule has 0 bridgehead atoms. The lowest BCUT2D eigenvalue weighted by Gasteiger charge is -2.11. The van der Waals surface area contributed by atoms with Gasteiger partial charge in [-0.15, -0.1) is 11.3 Å². The summed E-state index contributed by atoms with van der Waals surface area (Å²) in [5.74, 6) is -0.405. The summed E-state index contributed by atoms with van der Waals surface area (Å²) in [6.07, 6.45) is 2.42. The molecule has 0 aliphatic heterocycles. The van der Waals surface area contributed by atoms with Crippen molar-refractivity contribution in [1.29, 1.82) is 0 Å². The number of hydrogen-bond donors (Lipinski definition) is 1. The molecule has 28 heavy (non-hydrogen) atoms. The summed E-state index contributed by atoms with van der Waals surface area (Å²) in [6, 6.07) is 16.2. The normalized spacial score (nSPS) is 11.1. The highest BCUT2D eigenvalue weighted by Gasteiger charge is 2.17. The van der Waals surface area contributed by atoms with Gasteiger partial charge in [0.2, 0.25) is 0 Å². The molecule has 0 saturated heterocycles. The largest absolute Gasteiger partial charge is 0.350 e. The van der Waals surface area contributed by atoms with Crippen LogP contribution in [0.15, 0.2) is 60.8 Å². The van der Waals surface area contributed by atoms with Crippen molar-refractivity contribution in [3.8, 4) is 0 Å². The maximum Gasteiger partial charge on any atom is 0.267 e. The third-order valence-electron chi connectivity index (χ3n) is 4.57. The number of carbonyl (C=O) groups is 1. The van der Waals surface area contributed by atoms with Crippen LogP contribution in [0.5, 0.6) is 0 Å². The minimum Gasteiger partial charge on any atom is -0.350 e. The van der Waals surface area contributed by atoms with Crippen LogP contribution in [-0.4, -0.2) is 22.0 Å². The second-order valence-corrected chi connectivity index (χ2v) is 7.97. The predicted octanol–water partition coefficient (Wildman–Crippen LogP) is 4.57. The summed E-state index contributed by atoms with van der Waals surface area (Å²) in [7, 11) is 0. The van der Waals surface area contributed by atoms with Crippen molar-refractivity contribution in [2.75, 3.05) is 6.54 Å². The quantitative estimate of drug-likeness (QED) is 0.522. The molecule has 0 fully saturated rings. The number of carbonyl (C=O) groups excluding carboxylic acids is 1. The highest BCUT2D eigenvalue weighted by Crippen LogP contribution is 2.29. The summed E-state index contributed by atoms with van der Waals surface area (Å²) in [6.45, 7) is 3.00. The first kappa shape index (κ1) is 18.4. The topological polar surface area (TPSA) is 46.9 Å². The molecule has 4 rings (SSSR count). The van der Waals surface area contributed by atoms with Crippen LogP contribution in [0.25, 0.3) is 10.2 Å². The fraction of sp³-hybridized carbons (Fsp3) is 0.182. The van der Waals surface area contributed by atoms with Crippen molar-refractivity contribution in [2.45, 2.75) is 19.9 Å². The molecule has 1 aromatic carbocycles. The Morgan fingerprint density at radius 3 is 2.86 bits per heavy atom. The second-order valence-electron chi connectivity index (χ2n) is 6.68. The molecule has 0 aliphatic rings. The Balaban J connectivity index is 1.57. The van der Waals surface area contributed by atoms with E-state index in [2.05, 4.69) is 16.4 Å². The number of amides is 1. The van der Waals surface area contributed by atoms with Crippen LogP contribution < -0.4 is 5.32 Å². The van der Waals surface area contributed by atoms with E-state index in [-0.39, 0.29) is 11.7 Å². The lowest BCUT2D eigenvalue weighted by Crippen LogP contribution is -2.28. The van der Waals surface area contributed by atoms with Gasteiger partial charge in [-0.05, 0) is 48.9 Å². The number of thiophene rings is 1. The van der Waals surface area contributed by atoms with E-state index in [1.54, 1.807) is 23.6 Å². The van der Waals surface area contributed by atoms with Gasteiger partial charge in [0.1, 0.15) is 11.5 Å². The lowest BCUT2D eigenvalue weighted by atomic mass is 10.2. The first-order chi connectivity index (χ1) is 13.6. The molecular formula is C22H20FN3OS. The average Bonchev–Trinajstić information content (AvgIpc) is 3.20. The predicted molar refractivity (Wildman–Crippen MR) is 110 cm³/mol. The monoisotopic (exact) mass is 393 g/mol. The van der Waals surface area contributed by atoms with Crippen LogP contribution in [-0.2, 0) is 13.0 Å². The Morgan fingerprint density at radius 2 is 2.07 bits per heavy atom. The number of aromatic nitrogens is 2. The molecule has 0 unspecified atom stereocenters. The smallest absolute Gasteiger partial charge is 0.267 e. The Bertz CT molecular complexity index is 1120. The molecule has 142 valence electrons. The number of fused-ring (bicyclic) bond motifs is 1. The number of nitrogens with zero attached hydrogens (tertiary/aromatic N) is 2. The van der Waals surface area contributed by atoms with Gasteiger partial charge < -0.3 is 9.88 Å². The van der Waals surface area contributed by atoms with E-state index in [0.717, 1.165) is 21.5 Å². The van der Waals surface area contributed by atoms with E-state index >= 15 is 0 Å². The molecule has 3 heterocycles. The molecule has 6 heteroatoms. The standard InChI is InChI=1S/C22H20FN3OS/c1-15-11-19-21(28-15)13-20(26(19)14-16-5-4-6-17(23)12-16)22(27)25-10-8-18-7-2-3-9-24-18/h2-7,9,11-13H,8,10,14H2,1H3,(H,25,27). The van der Waals surface area contributed by atoms with Gasteiger partial charge >= 0.3 is 0 Å². The van der Waals surface area contributed by atoms with Crippen molar-refractivity contribution in [1.82, 2.24) is 14.9 Å². The van der Waals surface area contributed by atoms with Gasteiger partial charge in [-0.1, -0.05) is 18.2 Å². The van der Waals surface area contributed by atoms with E-state index in [1.807, 2.05) is 41.8 Å².